The third kappa shape index (κ3) is 24.1. The quantitative estimate of drug-likeness (QED) is 0.0421. The maximum absolute atomic E-state index is 12.6. The zero-order valence-electron chi connectivity index (χ0n) is 34.8. The molecule has 2 atom stereocenters. The van der Waals surface area contributed by atoms with E-state index < -0.39 is 30.1 Å². The smallest absolute Gasteiger partial charge is 0.305 e. The van der Waals surface area contributed by atoms with Crippen molar-refractivity contribution in [1.29, 1.82) is 0 Å². The van der Waals surface area contributed by atoms with Gasteiger partial charge >= 0.3 is 11.9 Å². The van der Waals surface area contributed by atoms with Crippen LogP contribution >= 0.6 is 0 Å². The largest absolute Gasteiger partial charge is 0.465 e. The Bertz CT molecular complexity index is 786. The van der Waals surface area contributed by atoms with Crippen molar-refractivity contribution in [1.82, 2.24) is 0 Å². The van der Waals surface area contributed by atoms with E-state index >= 15 is 0 Å². The highest BCUT2D eigenvalue weighted by Crippen LogP contribution is 2.40. The van der Waals surface area contributed by atoms with Gasteiger partial charge in [-0.3, -0.25) is 9.59 Å². The number of carbonyl (C=O) groups is 2. The first-order chi connectivity index (χ1) is 25.9. The normalized spacial score (nSPS) is 20.1. The molecule has 0 aromatic rings. The summed E-state index contributed by atoms with van der Waals surface area (Å²) in [6.45, 7) is 3.05. The van der Waals surface area contributed by atoms with E-state index in [1.54, 1.807) is 0 Å². The summed E-state index contributed by atoms with van der Waals surface area (Å²) in [6.07, 6.45) is 36.9. The molecule has 0 aliphatic carbocycles. The van der Waals surface area contributed by atoms with Gasteiger partial charge < -0.3 is 29.5 Å². The molecule has 8 heteroatoms. The van der Waals surface area contributed by atoms with Gasteiger partial charge in [0.1, 0.15) is 13.2 Å². The Morgan fingerprint density at radius 2 is 0.717 bits per heavy atom. The van der Waals surface area contributed by atoms with Gasteiger partial charge in [0, 0.05) is 12.8 Å². The minimum atomic E-state index is -1.30. The highest BCUT2D eigenvalue weighted by Gasteiger charge is 2.55. The Morgan fingerprint density at radius 3 is 0.962 bits per heavy atom. The van der Waals surface area contributed by atoms with Crippen molar-refractivity contribution in [3.63, 3.8) is 0 Å². The van der Waals surface area contributed by atoms with Crippen LogP contribution in [0.3, 0.4) is 0 Å². The zero-order chi connectivity index (χ0) is 38.7. The summed E-state index contributed by atoms with van der Waals surface area (Å²) in [5.74, 6) is -0.732. The SMILES string of the molecule is CCCCCCCCCCCCCCCCCC(=O)OCC1(CO)COCC(CO)(COC(=O)CCCCCCCCCCCCCCCCC)C1O. The maximum atomic E-state index is 12.6. The van der Waals surface area contributed by atoms with Crippen molar-refractivity contribution in [2.24, 2.45) is 10.8 Å². The molecular weight excluding hydrogens is 668 g/mol. The summed E-state index contributed by atoms with van der Waals surface area (Å²) in [6, 6.07) is 0. The molecule has 8 nitrogen and oxygen atoms in total. The molecular formula is C45H86O8. The molecule has 0 saturated carbocycles. The first-order valence-electron chi connectivity index (χ1n) is 22.7. The van der Waals surface area contributed by atoms with Crippen LogP contribution in [0.1, 0.15) is 219 Å². The monoisotopic (exact) mass is 755 g/mol. The molecule has 1 fully saturated rings. The number of aliphatic hydroxyl groups is 3. The van der Waals surface area contributed by atoms with Crippen LogP contribution in [0.2, 0.25) is 0 Å². The lowest BCUT2D eigenvalue weighted by Gasteiger charge is -2.49. The van der Waals surface area contributed by atoms with E-state index in [0.717, 1.165) is 38.5 Å². The molecule has 1 aliphatic rings. The van der Waals surface area contributed by atoms with Gasteiger partial charge in [-0.25, -0.2) is 0 Å². The molecule has 1 rings (SSSR count). The summed E-state index contributed by atoms with van der Waals surface area (Å²) in [5, 5.41) is 32.1. The maximum Gasteiger partial charge on any atom is 0.305 e. The number of hydrogen-bond acceptors (Lipinski definition) is 8. The van der Waals surface area contributed by atoms with Crippen LogP contribution in [-0.4, -0.2) is 73.0 Å². The number of ether oxygens (including phenoxy) is 3. The lowest BCUT2D eigenvalue weighted by molar-refractivity contribution is -0.235. The second-order valence-electron chi connectivity index (χ2n) is 16.7. The predicted octanol–water partition coefficient (Wildman–Crippen LogP) is 10.9. The molecule has 3 N–H and O–H groups in total. The van der Waals surface area contributed by atoms with Crippen LogP contribution in [0.15, 0.2) is 0 Å². The summed E-state index contributed by atoms with van der Waals surface area (Å²) >= 11 is 0. The molecule has 1 saturated heterocycles. The van der Waals surface area contributed by atoms with Crippen LogP contribution in [0.4, 0.5) is 0 Å². The van der Waals surface area contributed by atoms with Crippen molar-refractivity contribution < 1.29 is 39.1 Å². The first-order valence-corrected chi connectivity index (χ1v) is 22.7. The average Bonchev–Trinajstić information content (AvgIpc) is 3.17. The van der Waals surface area contributed by atoms with E-state index in [1.165, 1.54) is 154 Å². The molecule has 0 radical (unpaired) electrons. The Hall–Kier alpha value is -1.22. The van der Waals surface area contributed by atoms with E-state index in [1.807, 2.05) is 0 Å². The molecule has 0 aromatic carbocycles. The van der Waals surface area contributed by atoms with Gasteiger partial charge in [-0.1, -0.05) is 194 Å². The minimum Gasteiger partial charge on any atom is -0.465 e. The van der Waals surface area contributed by atoms with Crippen molar-refractivity contribution in [2.75, 3.05) is 39.6 Å². The van der Waals surface area contributed by atoms with Crippen molar-refractivity contribution in [2.45, 2.75) is 225 Å². The fourth-order valence-electron chi connectivity index (χ4n) is 7.74. The topological polar surface area (TPSA) is 123 Å². The third-order valence-corrected chi connectivity index (χ3v) is 11.6. The Labute approximate surface area is 326 Å². The number of carbonyl (C=O) groups excluding carboxylic acids is 2. The summed E-state index contributed by atoms with van der Waals surface area (Å²) in [4.78, 5) is 25.1. The van der Waals surface area contributed by atoms with Crippen molar-refractivity contribution in [3.05, 3.63) is 0 Å². The first kappa shape index (κ1) is 49.8. The molecule has 2 unspecified atom stereocenters. The highest BCUT2D eigenvalue weighted by atomic mass is 16.5. The molecule has 0 amide bonds. The second kappa shape index (κ2) is 34.1. The fraction of sp³-hybridized carbons (Fsp3) is 0.956. The summed E-state index contributed by atoms with van der Waals surface area (Å²) in [5.41, 5.74) is -2.60. The van der Waals surface area contributed by atoms with Crippen LogP contribution in [0.5, 0.6) is 0 Å². The molecule has 0 bridgehead atoms. The highest BCUT2D eigenvalue weighted by molar-refractivity contribution is 5.69. The third-order valence-electron chi connectivity index (χ3n) is 11.6. The van der Waals surface area contributed by atoms with Crippen LogP contribution in [0, 0.1) is 10.8 Å². The fourth-order valence-corrected chi connectivity index (χ4v) is 7.74. The molecule has 1 heterocycles. The summed E-state index contributed by atoms with van der Waals surface area (Å²) < 4.78 is 16.8. The van der Waals surface area contributed by atoms with Gasteiger partial charge in [-0.2, -0.15) is 0 Å². The van der Waals surface area contributed by atoms with Gasteiger partial charge in [-0.05, 0) is 12.8 Å². The summed E-state index contributed by atoms with van der Waals surface area (Å²) in [7, 11) is 0. The van der Waals surface area contributed by atoms with Crippen LogP contribution < -0.4 is 0 Å². The Kier molecular flexibility index (Phi) is 32.0. The van der Waals surface area contributed by atoms with Crippen LogP contribution in [0.25, 0.3) is 0 Å². The lowest BCUT2D eigenvalue weighted by atomic mass is 9.68. The number of unbranched alkanes of at least 4 members (excludes halogenated alkanes) is 28. The number of hydrogen-bond donors (Lipinski definition) is 3. The van der Waals surface area contributed by atoms with E-state index in [0.29, 0.717) is 12.8 Å². The van der Waals surface area contributed by atoms with Crippen molar-refractivity contribution >= 4 is 11.9 Å². The lowest BCUT2D eigenvalue weighted by Crippen LogP contribution is -2.63. The number of esters is 2. The minimum absolute atomic E-state index is 0.0221. The van der Waals surface area contributed by atoms with Gasteiger partial charge in [0.05, 0.1) is 43.4 Å². The van der Waals surface area contributed by atoms with E-state index in [9.17, 15) is 24.9 Å². The number of rotatable bonds is 38. The standard InChI is InChI=1S/C45H86O8/c1-3-5-7-9-11-13-15-17-19-21-23-25-27-29-31-33-41(48)52-39-44(35-46)37-51-38-45(36-47,43(44)50)40-53-42(49)34-32-30-28-26-24-22-20-18-16-14-12-10-8-6-4-2/h43,46-47,50H,3-40H2,1-2H3. The van der Waals surface area contributed by atoms with Crippen LogP contribution in [-0.2, 0) is 23.8 Å². The molecule has 1 aliphatic heterocycles. The number of aliphatic hydroxyl groups excluding tert-OH is 3. The van der Waals surface area contributed by atoms with Gasteiger partial charge in [-0.15, -0.1) is 0 Å². The molecule has 314 valence electrons. The second-order valence-corrected chi connectivity index (χ2v) is 16.7. The van der Waals surface area contributed by atoms with E-state index in [-0.39, 0.29) is 38.4 Å². The molecule has 0 spiro atoms. The van der Waals surface area contributed by atoms with E-state index in [2.05, 4.69) is 13.8 Å². The Balaban J connectivity index is 2.19. The molecule has 0 aromatic heterocycles. The molecule has 53 heavy (non-hydrogen) atoms. The predicted molar refractivity (Wildman–Crippen MR) is 217 cm³/mol. The van der Waals surface area contributed by atoms with Gasteiger partial charge in [0.25, 0.3) is 0 Å². The van der Waals surface area contributed by atoms with Crippen molar-refractivity contribution in [3.8, 4) is 0 Å². The van der Waals surface area contributed by atoms with E-state index in [4.69, 9.17) is 14.2 Å². The Morgan fingerprint density at radius 1 is 0.472 bits per heavy atom. The average molecular weight is 755 g/mol. The zero-order valence-corrected chi connectivity index (χ0v) is 34.8. The van der Waals surface area contributed by atoms with Gasteiger partial charge in [0.2, 0.25) is 0 Å². The van der Waals surface area contributed by atoms with Gasteiger partial charge in [0.15, 0.2) is 0 Å².